The molecule has 6 heteroatoms. The number of thiophene rings is 1. The van der Waals surface area contributed by atoms with E-state index in [9.17, 15) is 4.79 Å². The molecule has 0 radical (unpaired) electrons. The van der Waals surface area contributed by atoms with Crippen molar-refractivity contribution in [2.24, 2.45) is 0 Å². The largest absolute Gasteiger partial charge is 0.469 e. The van der Waals surface area contributed by atoms with E-state index < -0.39 is 0 Å². The molecule has 0 aliphatic heterocycles. The molecular formula is C12H18ClNO3S. The van der Waals surface area contributed by atoms with Gasteiger partial charge in [0.15, 0.2) is 0 Å². The van der Waals surface area contributed by atoms with Crippen molar-refractivity contribution < 1.29 is 14.3 Å². The Morgan fingerprint density at radius 2 is 2.17 bits per heavy atom. The summed E-state index contributed by atoms with van der Waals surface area (Å²) < 4.78 is 10.5. The standard InChI is InChI=1S/C12H18ClNO3S/c1-16-8-7-14(6-5-12(15)17-2)9-10-3-4-11(13)18-10/h3-4H,5-9H2,1-2H3. The monoisotopic (exact) mass is 291 g/mol. The molecule has 0 N–H and O–H groups in total. The number of esters is 1. The first-order chi connectivity index (χ1) is 8.65. The lowest BCUT2D eigenvalue weighted by atomic mass is 10.3. The smallest absolute Gasteiger partial charge is 0.306 e. The van der Waals surface area contributed by atoms with Gasteiger partial charge in [0, 0.05) is 31.6 Å². The van der Waals surface area contributed by atoms with Crippen LogP contribution in [0.3, 0.4) is 0 Å². The Bertz CT molecular complexity index is 370. The number of methoxy groups -OCH3 is 2. The Morgan fingerprint density at radius 3 is 2.72 bits per heavy atom. The van der Waals surface area contributed by atoms with Gasteiger partial charge in [-0.1, -0.05) is 11.6 Å². The van der Waals surface area contributed by atoms with Gasteiger partial charge >= 0.3 is 5.97 Å². The summed E-state index contributed by atoms with van der Waals surface area (Å²) in [5, 5.41) is 0. The number of carbonyl (C=O) groups is 1. The quantitative estimate of drug-likeness (QED) is 0.690. The van der Waals surface area contributed by atoms with Gasteiger partial charge < -0.3 is 9.47 Å². The van der Waals surface area contributed by atoms with Crippen LogP contribution < -0.4 is 0 Å². The number of hydrogen-bond donors (Lipinski definition) is 0. The van der Waals surface area contributed by atoms with Gasteiger partial charge in [0.25, 0.3) is 0 Å². The molecule has 1 aromatic rings. The molecule has 0 bridgehead atoms. The molecule has 1 aromatic heterocycles. The predicted octanol–water partition coefficient (Wildman–Crippen LogP) is 2.41. The summed E-state index contributed by atoms with van der Waals surface area (Å²) in [4.78, 5) is 14.5. The lowest BCUT2D eigenvalue weighted by Crippen LogP contribution is -2.29. The molecule has 0 fully saturated rings. The number of ether oxygens (including phenoxy) is 2. The molecule has 102 valence electrons. The number of rotatable bonds is 8. The Kier molecular flexibility index (Phi) is 7.27. The normalized spacial score (nSPS) is 10.9. The Morgan fingerprint density at radius 1 is 1.39 bits per heavy atom. The average Bonchev–Trinajstić information content (AvgIpc) is 2.77. The van der Waals surface area contributed by atoms with E-state index in [4.69, 9.17) is 16.3 Å². The van der Waals surface area contributed by atoms with Crippen molar-refractivity contribution in [3.63, 3.8) is 0 Å². The zero-order chi connectivity index (χ0) is 13.4. The first-order valence-electron chi connectivity index (χ1n) is 5.68. The first kappa shape index (κ1) is 15.4. The second-order valence-corrected chi connectivity index (χ2v) is 5.60. The highest BCUT2D eigenvalue weighted by molar-refractivity contribution is 7.16. The number of carbonyl (C=O) groups excluding carboxylic acids is 1. The summed E-state index contributed by atoms with van der Waals surface area (Å²) in [7, 11) is 3.07. The van der Waals surface area contributed by atoms with E-state index in [1.165, 1.54) is 12.0 Å². The maximum absolute atomic E-state index is 11.1. The molecule has 1 rings (SSSR count). The van der Waals surface area contributed by atoms with Gasteiger partial charge in [-0.25, -0.2) is 0 Å². The van der Waals surface area contributed by atoms with E-state index in [1.807, 2.05) is 12.1 Å². The third-order valence-corrected chi connectivity index (χ3v) is 3.70. The number of halogens is 1. The van der Waals surface area contributed by atoms with Gasteiger partial charge in [-0.3, -0.25) is 9.69 Å². The van der Waals surface area contributed by atoms with Crippen LogP contribution in [0.5, 0.6) is 0 Å². The van der Waals surface area contributed by atoms with Gasteiger partial charge in [0.05, 0.1) is 24.5 Å². The SMILES string of the molecule is COCCN(CCC(=O)OC)Cc1ccc(Cl)s1. The molecule has 1 heterocycles. The van der Waals surface area contributed by atoms with Crippen molar-refractivity contribution in [2.45, 2.75) is 13.0 Å². The van der Waals surface area contributed by atoms with Crippen LogP contribution in [-0.2, 0) is 20.8 Å². The van der Waals surface area contributed by atoms with Crippen LogP contribution in [0.4, 0.5) is 0 Å². The molecule has 0 spiro atoms. The van der Waals surface area contributed by atoms with Gasteiger partial charge in [-0.2, -0.15) is 0 Å². The minimum Gasteiger partial charge on any atom is -0.469 e. The van der Waals surface area contributed by atoms with Crippen LogP contribution in [0.25, 0.3) is 0 Å². The van der Waals surface area contributed by atoms with Crippen molar-refractivity contribution in [2.75, 3.05) is 33.9 Å². The topological polar surface area (TPSA) is 38.8 Å². The van der Waals surface area contributed by atoms with Crippen molar-refractivity contribution in [1.82, 2.24) is 4.90 Å². The van der Waals surface area contributed by atoms with Gasteiger partial charge in [0.2, 0.25) is 0 Å². The molecule has 0 unspecified atom stereocenters. The van der Waals surface area contributed by atoms with Crippen LogP contribution in [0, 0.1) is 0 Å². The molecule has 0 atom stereocenters. The first-order valence-corrected chi connectivity index (χ1v) is 6.87. The molecule has 4 nitrogen and oxygen atoms in total. The van der Waals surface area contributed by atoms with Gasteiger partial charge in [-0.15, -0.1) is 11.3 Å². The van der Waals surface area contributed by atoms with Crippen LogP contribution in [0.2, 0.25) is 4.34 Å². The van der Waals surface area contributed by atoms with Crippen LogP contribution in [-0.4, -0.2) is 44.8 Å². The van der Waals surface area contributed by atoms with E-state index in [-0.39, 0.29) is 5.97 Å². The maximum atomic E-state index is 11.1. The molecule has 0 aromatic carbocycles. The second kappa shape index (κ2) is 8.48. The Hall–Kier alpha value is -0.620. The van der Waals surface area contributed by atoms with E-state index in [2.05, 4.69) is 9.64 Å². The molecule has 0 amide bonds. The summed E-state index contributed by atoms with van der Waals surface area (Å²) in [6.07, 6.45) is 0.388. The fraction of sp³-hybridized carbons (Fsp3) is 0.583. The molecule has 0 aliphatic rings. The van der Waals surface area contributed by atoms with Crippen molar-refractivity contribution in [1.29, 1.82) is 0 Å². The maximum Gasteiger partial charge on any atom is 0.306 e. The van der Waals surface area contributed by atoms with Crippen molar-refractivity contribution in [3.05, 3.63) is 21.3 Å². The molecule has 18 heavy (non-hydrogen) atoms. The second-order valence-electron chi connectivity index (χ2n) is 3.80. The highest BCUT2D eigenvalue weighted by atomic mass is 35.5. The minimum atomic E-state index is -0.193. The van der Waals surface area contributed by atoms with Crippen LogP contribution in [0.1, 0.15) is 11.3 Å². The summed E-state index contributed by atoms with van der Waals surface area (Å²) in [6.45, 7) is 2.85. The zero-order valence-electron chi connectivity index (χ0n) is 10.6. The predicted molar refractivity (Wildman–Crippen MR) is 73.1 cm³/mol. The highest BCUT2D eigenvalue weighted by Crippen LogP contribution is 2.22. The lowest BCUT2D eigenvalue weighted by molar-refractivity contribution is -0.141. The third-order valence-electron chi connectivity index (χ3n) is 2.48. The summed E-state index contributed by atoms with van der Waals surface area (Å²) in [6, 6.07) is 3.89. The summed E-state index contributed by atoms with van der Waals surface area (Å²) in [5.41, 5.74) is 0. The molecule has 0 saturated heterocycles. The molecular weight excluding hydrogens is 274 g/mol. The zero-order valence-corrected chi connectivity index (χ0v) is 12.2. The molecule has 0 aliphatic carbocycles. The fourth-order valence-corrected chi connectivity index (χ4v) is 2.63. The average molecular weight is 292 g/mol. The summed E-state index contributed by atoms with van der Waals surface area (Å²) in [5.74, 6) is -0.193. The van der Waals surface area contributed by atoms with Crippen LogP contribution in [0.15, 0.2) is 12.1 Å². The number of nitrogens with zero attached hydrogens (tertiary/aromatic N) is 1. The summed E-state index contributed by atoms with van der Waals surface area (Å²) >= 11 is 7.46. The highest BCUT2D eigenvalue weighted by Gasteiger charge is 2.10. The van der Waals surface area contributed by atoms with Gasteiger partial charge in [0.1, 0.15) is 0 Å². The van der Waals surface area contributed by atoms with Crippen molar-refractivity contribution in [3.8, 4) is 0 Å². The van der Waals surface area contributed by atoms with E-state index in [0.29, 0.717) is 19.6 Å². The van der Waals surface area contributed by atoms with E-state index >= 15 is 0 Å². The number of hydrogen-bond acceptors (Lipinski definition) is 5. The van der Waals surface area contributed by atoms with Gasteiger partial charge in [-0.05, 0) is 12.1 Å². The van der Waals surface area contributed by atoms with E-state index in [0.717, 1.165) is 17.4 Å². The Balaban J connectivity index is 2.46. The van der Waals surface area contributed by atoms with E-state index in [1.54, 1.807) is 18.4 Å². The minimum absolute atomic E-state index is 0.193. The lowest BCUT2D eigenvalue weighted by Gasteiger charge is -2.20. The van der Waals surface area contributed by atoms with Crippen molar-refractivity contribution >= 4 is 28.9 Å². The third kappa shape index (κ3) is 5.82. The fourth-order valence-electron chi connectivity index (χ4n) is 1.50. The van der Waals surface area contributed by atoms with Crippen LogP contribution >= 0.6 is 22.9 Å². The Labute approximate surface area is 116 Å². The molecule has 0 saturated carbocycles.